The van der Waals surface area contributed by atoms with Crippen molar-refractivity contribution >= 4 is 0 Å². The van der Waals surface area contributed by atoms with Crippen molar-refractivity contribution in [3.8, 4) is 0 Å². The van der Waals surface area contributed by atoms with E-state index in [9.17, 15) is 0 Å². The van der Waals surface area contributed by atoms with Crippen LogP contribution < -0.4 is 5.32 Å². The third-order valence-corrected chi connectivity index (χ3v) is 3.82. The van der Waals surface area contributed by atoms with Gasteiger partial charge >= 0.3 is 0 Å². The molecule has 0 radical (unpaired) electrons. The monoisotopic (exact) mass is 211 g/mol. The molecule has 0 atom stereocenters. The third-order valence-electron chi connectivity index (χ3n) is 3.82. The van der Waals surface area contributed by atoms with Crippen molar-refractivity contribution in [2.75, 3.05) is 19.8 Å². The number of hydrogen-bond acceptors (Lipinski definition) is 2. The molecule has 1 aliphatic carbocycles. The Morgan fingerprint density at radius 1 is 1.07 bits per heavy atom. The van der Waals surface area contributed by atoms with Gasteiger partial charge in [0.25, 0.3) is 0 Å². The molecule has 2 heteroatoms. The van der Waals surface area contributed by atoms with Crippen LogP contribution in [0.25, 0.3) is 0 Å². The van der Waals surface area contributed by atoms with E-state index in [-0.39, 0.29) is 0 Å². The zero-order valence-electron chi connectivity index (χ0n) is 10.1. The van der Waals surface area contributed by atoms with Crippen molar-refractivity contribution < 1.29 is 4.74 Å². The minimum Gasteiger partial charge on any atom is -0.380 e. The van der Waals surface area contributed by atoms with Crippen molar-refractivity contribution in [3.63, 3.8) is 0 Å². The van der Waals surface area contributed by atoms with Gasteiger partial charge in [-0.25, -0.2) is 0 Å². The van der Waals surface area contributed by atoms with Crippen molar-refractivity contribution in [1.82, 2.24) is 5.32 Å². The van der Waals surface area contributed by atoms with E-state index in [1.165, 1.54) is 44.9 Å². The highest BCUT2D eigenvalue weighted by atomic mass is 16.5. The SMILES string of the molecule is CC1(CNC2CCCCCCC2)COC1. The summed E-state index contributed by atoms with van der Waals surface area (Å²) in [5.74, 6) is 0. The number of ether oxygens (including phenoxy) is 1. The Labute approximate surface area is 93.8 Å². The Morgan fingerprint density at radius 3 is 2.20 bits per heavy atom. The van der Waals surface area contributed by atoms with Gasteiger partial charge in [-0.3, -0.25) is 0 Å². The topological polar surface area (TPSA) is 21.3 Å². The zero-order valence-corrected chi connectivity index (χ0v) is 10.1. The number of rotatable bonds is 3. The second-order valence-electron chi connectivity index (χ2n) is 5.73. The van der Waals surface area contributed by atoms with Gasteiger partial charge in [0.2, 0.25) is 0 Å². The van der Waals surface area contributed by atoms with Crippen LogP contribution >= 0.6 is 0 Å². The molecule has 0 unspecified atom stereocenters. The molecule has 0 aromatic carbocycles. The molecule has 2 rings (SSSR count). The lowest BCUT2D eigenvalue weighted by molar-refractivity contribution is -0.100. The fourth-order valence-corrected chi connectivity index (χ4v) is 2.60. The van der Waals surface area contributed by atoms with Crippen molar-refractivity contribution in [2.24, 2.45) is 5.41 Å². The van der Waals surface area contributed by atoms with Crippen LogP contribution in [0, 0.1) is 5.41 Å². The zero-order chi connectivity index (χ0) is 10.6. The molecule has 1 heterocycles. The lowest BCUT2D eigenvalue weighted by Gasteiger charge is -2.39. The van der Waals surface area contributed by atoms with Crippen LogP contribution in [-0.4, -0.2) is 25.8 Å². The summed E-state index contributed by atoms with van der Waals surface area (Å²) >= 11 is 0. The van der Waals surface area contributed by atoms with E-state index in [2.05, 4.69) is 12.2 Å². The van der Waals surface area contributed by atoms with Crippen molar-refractivity contribution in [3.05, 3.63) is 0 Å². The first kappa shape index (κ1) is 11.4. The van der Waals surface area contributed by atoms with Gasteiger partial charge < -0.3 is 10.1 Å². The van der Waals surface area contributed by atoms with Crippen LogP contribution in [-0.2, 0) is 4.74 Å². The van der Waals surface area contributed by atoms with Gasteiger partial charge in [-0.2, -0.15) is 0 Å². The molecule has 0 amide bonds. The minimum atomic E-state index is 0.433. The van der Waals surface area contributed by atoms with E-state index in [0.29, 0.717) is 5.41 Å². The highest BCUT2D eigenvalue weighted by Gasteiger charge is 2.33. The standard InChI is InChI=1S/C13H25NO/c1-13(10-15-11-13)9-14-12-7-5-3-2-4-6-8-12/h12,14H,2-11H2,1H3. The van der Waals surface area contributed by atoms with E-state index < -0.39 is 0 Å². The predicted octanol–water partition coefficient (Wildman–Crippen LogP) is 2.73. The third kappa shape index (κ3) is 3.46. The van der Waals surface area contributed by atoms with E-state index in [0.717, 1.165) is 25.8 Å². The molecule has 1 aliphatic heterocycles. The Balaban J connectivity index is 1.67. The maximum absolute atomic E-state index is 5.28. The minimum absolute atomic E-state index is 0.433. The average molecular weight is 211 g/mol. The molecular formula is C13H25NO. The van der Waals surface area contributed by atoms with Gasteiger partial charge in [-0.05, 0) is 12.8 Å². The van der Waals surface area contributed by atoms with Gasteiger partial charge in [0, 0.05) is 18.0 Å². The average Bonchev–Trinajstić information content (AvgIpc) is 2.13. The summed E-state index contributed by atoms with van der Waals surface area (Å²) in [6.07, 6.45) is 9.96. The molecule has 1 saturated carbocycles. The van der Waals surface area contributed by atoms with Gasteiger partial charge in [0.15, 0.2) is 0 Å². The molecule has 2 fully saturated rings. The Kier molecular flexibility index (Phi) is 4.04. The number of hydrogen-bond donors (Lipinski definition) is 1. The smallest absolute Gasteiger partial charge is 0.0554 e. The van der Waals surface area contributed by atoms with E-state index in [4.69, 9.17) is 4.74 Å². The molecule has 0 aromatic rings. The number of nitrogens with one attached hydrogen (secondary N) is 1. The second-order valence-corrected chi connectivity index (χ2v) is 5.73. The van der Waals surface area contributed by atoms with E-state index in [1.54, 1.807) is 0 Å². The van der Waals surface area contributed by atoms with E-state index in [1.807, 2.05) is 0 Å². The van der Waals surface area contributed by atoms with Crippen LogP contribution in [0.2, 0.25) is 0 Å². The van der Waals surface area contributed by atoms with Crippen LogP contribution in [0.15, 0.2) is 0 Å². The van der Waals surface area contributed by atoms with Crippen molar-refractivity contribution in [2.45, 2.75) is 57.9 Å². The second kappa shape index (κ2) is 5.31. The quantitative estimate of drug-likeness (QED) is 0.775. The predicted molar refractivity (Wildman–Crippen MR) is 63.0 cm³/mol. The molecule has 1 N–H and O–H groups in total. The van der Waals surface area contributed by atoms with Gasteiger partial charge in [-0.1, -0.05) is 39.0 Å². The first-order valence-corrected chi connectivity index (χ1v) is 6.60. The molecule has 0 bridgehead atoms. The fourth-order valence-electron chi connectivity index (χ4n) is 2.60. The lowest BCUT2D eigenvalue weighted by atomic mass is 9.87. The Hall–Kier alpha value is -0.0800. The largest absolute Gasteiger partial charge is 0.380 e. The first-order chi connectivity index (χ1) is 7.29. The first-order valence-electron chi connectivity index (χ1n) is 6.60. The van der Waals surface area contributed by atoms with Crippen LogP contribution in [0.3, 0.4) is 0 Å². The molecule has 2 aliphatic rings. The molecular weight excluding hydrogens is 186 g/mol. The van der Waals surface area contributed by atoms with Crippen molar-refractivity contribution in [1.29, 1.82) is 0 Å². The maximum atomic E-state index is 5.28. The Morgan fingerprint density at radius 2 is 1.67 bits per heavy atom. The molecule has 2 nitrogen and oxygen atoms in total. The highest BCUT2D eigenvalue weighted by Crippen LogP contribution is 2.26. The molecule has 1 saturated heterocycles. The summed E-state index contributed by atoms with van der Waals surface area (Å²) < 4.78 is 5.28. The summed E-state index contributed by atoms with van der Waals surface area (Å²) in [6, 6.07) is 0.780. The summed E-state index contributed by atoms with van der Waals surface area (Å²) in [6.45, 7) is 5.38. The summed E-state index contributed by atoms with van der Waals surface area (Å²) in [5, 5.41) is 3.75. The van der Waals surface area contributed by atoms with E-state index >= 15 is 0 Å². The molecule has 0 spiro atoms. The molecule has 15 heavy (non-hydrogen) atoms. The van der Waals surface area contributed by atoms with Crippen LogP contribution in [0.5, 0.6) is 0 Å². The fraction of sp³-hybridized carbons (Fsp3) is 1.00. The molecule has 88 valence electrons. The lowest BCUT2D eigenvalue weighted by Crippen LogP contribution is -2.49. The summed E-state index contributed by atoms with van der Waals surface area (Å²) in [5.41, 5.74) is 0.433. The normalized spacial score (nSPS) is 27.8. The summed E-state index contributed by atoms with van der Waals surface area (Å²) in [4.78, 5) is 0. The van der Waals surface area contributed by atoms with Gasteiger partial charge in [0.05, 0.1) is 13.2 Å². The summed E-state index contributed by atoms with van der Waals surface area (Å²) in [7, 11) is 0. The highest BCUT2D eigenvalue weighted by molar-refractivity contribution is 4.84. The maximum Gasteiger partial charge on any atom is 0.0554 e. The Bertz CT molecular complexity index is 181. The van der Waals surface area contributed by atoms with Gasteiger partial charge in [-0.15, -0.1) is 0 Å². The van der Waals surface area contributed by atoms with Crippen LogP contribution in [0.4, 0.5) is 0 Å². The van der Waals surface area contributed by atoms with Crippen LogP contribution in [0.1, 0.15) is 51.9 Å². The van der Waals surface area contributed by atoms with Gasteiger partial charge in [0.1, 0.15) is 0 Å². The molecule has 0 aromatic heterocycles.